The van der Waals surface area contributed by atoms with Crippen LogP contribution < -0.4 is 11.1 Å². The third-order valence-electron chi connectivity index (χ3n) is 3.22. The Kier molecular flexibility index (Phi) is 4.89. The van der Waals surface area contributed by atoms with Crippen LogP contribution in [0.15, 0.2) is 0 Å². The van der Waals surface area contributed by atoms with Gasteiger partial charge in [0.2, 0.25) is 5.91 Å². The minimum Gasteiger partial charge on any atom is -0.480 e. The summed E-state index contributed by atoms with van der Waals surface area (Å²) in [5, 5.41) is 20.0. The van der Waals surface area contributed by atoms with Crippen LogP contribution in [0.4, 0.5) is 0 Å². The number of carboxylic acids is 1. The highest BCUT2D eigenvalue weighted by atomic mass is 16.4. The maximum absolute atomic E-state index is 11.9. The molecule has 1 saturated carbocycles. The standard InChI is InChI=1S/C11H20N2O4/c12-11(5-2-1-3-6-11)10(17)13-8(4-7-14)9(15)16/h8,14H,1-7,12H2,(H,13,17)(H,15,16). The molecule has 0 aromatic carbocycles. The van der Waals surface area contributed by atoms with E-state index in [1.54, 1.807) is 0 Å². The van der Waals surface area contributed by atoms with E-state index in [0.29, 0.717) is 12.8 Å². The first-order valence-electron chi connectivity index (χ1n) is 5.93. The van der Waals surface area contributed by atoms with E-state index in [-0.39, 0.29) is 13.0 Å². The quantitative estimate of drug-likeness (QED) is 0.525. The molecule has 0 radical (unpaired) electrons. The lowest BCUT2D eigenvalue weighted by Crippen LogP contribution is -2.58. The summed E-state index contributed by atoms with van der Waals surface area (Å²) in [5.74, 6) is -1.56. The molecule has 1 amide bonds. The van der Waals surface area contributed by atoms with Crippen LogP contribution in [-0.4, -0.2) is 40.3 Å². The second-order valence-corrected chi connectivity index (χ2v) is 4.59. The molecule has 17 heavy (non-hydrogen) atoms. The Morgan fingerprint density at radius 2 is 1.88 bits per heavy atom. The lowest BCUT2D eigenvalue weighted by molar-refractivity contribution is -0.143. The number of rotatable bonds is 5. The number of nitrogens with one attached hydrogen (secondary N) is 1. The first kappa shape index (κ1) is 13.9. The number of aliphatic hydroxyl groups is 1. The zero-order valence-corrected chi connectivity index (χ0v) is 9.82. The Morgan fingerprint density at radius 1 is 1.29 bits per heavy atom. The summed E-state index contributed by atoms with van der Waals surface area (Å²) in [4.78, 5) is 22.8. The molecule has 0 aromatic rings. The predicted molar refractivity (Wildman–Crippen MR) is 61.3 cm³/mol. The van der Waals surface area contributed by atoms with Crippen molar-refractivity contribution in [2.45, 2.75) is 50.1 Å². The third kappa shape index (κ3) is 3.67. The van der Waals surface area contributed by atoms with E-state index in [1.165, 1.54) is 0 Å². The van der Waals surface area contributed by atoms with Gasteiger partial charge in [-0.15, -0.1) is 0 Å². The predicted octanol–water partition coefficient (Wildman–Crippen LogP) is -0.400. The van der Waals surface area contributed by atoms with Gasteiger partial charge < -0.3 is 21.3 Å². The molecule has 1 rings (SSSR count). The maximum Gasteiger partial charge on any atom is 0.326 e. The van der Waals surface area contributed by atoms with Crippen LogP contribution in [0.2, 0.25) is 0 Å². The van der Waals surface area contributed by atoms with Crippen molar-refractivity contribution in [2.24, 2.45) is 5.73 Å². The van der Waals surface area contributed by atoms with Crippen molar-refractivity contribution in [3.63, 3.8) is 0 Å². The minimum absolute atomic E-state index is 0.00282. The number of hydrogen-bond acceptors (Lipinski definition) is 4. The summed E-state index contributed by atoms with van der Waals surface area (Å²) < 4.78 is 0. The van der Waals surface area contributed by atoms with Crippen molar-refractivity contribution >= 4 is 11.9 Å². The van der Waals surface area contributed by atoms with Crippen molar-refractivity contribution in [1.29, 1.82) is 0 Å². The smallest absolute Gasteiger partial charge is 0.326 e. The van der Waals surface area contributed by atoms with Crippen LogP contribution in [0.5, 0.6) is 0 Å². The highest BCUT2D eigenvalue weighted by Crippen LogP contribution is 2.26. The topological polar surface area (TPSA) is 113 Å². The number of hydrogen-bond donors (Lipinski definition) is 4. The zero-order chi connectivity index (χ0) is 12.9. The highest BCUT2D eigenvalue weighted by Gasteiger charge is 2.37. The fourth-order valence-corrected chi connectivity index (χ4v) is 2.10. The first-order valence-corrected chi connectivity index (χ1v) is 5.93. The molecule has 1 aliphatic rings. The maximum atomic E-state index is 11.9. The molecule has 1 atom stereocenters. The molecule has 1 fully saturated rings. The van der Waals surface area contributed by atoms with Crippen molar-refractivity contribution in [3.05, 3.63) is 0 Å². The van der Waals surface area contributed by atoms with Crippen molar-refractivity contribution in [1.82, 2.24) is 5.32 Å². The number of nitrogens with two attached hydrogens (primary N) is 1. The zero-order valence-electron chi connectivity index (χ0n) is 9.82. The van der Waals surface area contributed by atoms with Gasteiger partial charge in [-0.25, -0.2) is 4.79 Å². The Bertz CT molecular complexity index is 287. The molecule has 0 saturated heterocycles. The van der Waals surface area contributed by atoms with E-state index < -0.39 is 23.5 Å². The molecular formula is C11H20N2O4. The minimum atomic E-state index is -1.15. The van der Waals surface area contributed by atoms with Crippen LogP contribution in [0.1, 0.15) is 38.5 Å². The monoisotopic (exact) mass is 244 g/mol. The Morgan fingerprint density at radius 3 is 2.35 bits per heavy atom. The van der Waals surface area contributed by atoms with Crippen molar-refractivity contribution in [3.8, 4) is 0 Å². The van der Waals surface area contributed by atoms with E-state index in [1.807, 2.05) is 0 Å². The van der Waals surface area contributed by atoms with E-state index in [4.69, 9.17) is 15.9 Å². The highest BCUT2D eigenvalue weighted by molar-refractivity contribution is 5.90. The Balaban J connectivity index is 2.59. The molecule has 0 aliphatic heterocycles. The average molecular weight is 244 g/mol. The van der Waals surface area contributed by atoms with Gasteiger partial charge in [0, 0.05) is 13.0 Å². The summed E-state index contributed by atoms with van der Waals surface area (Å²) >= 11 is 0. The molecule has 6 nitrogen and oxygen atoms in total. The van der Waals surface area contributed by atoms with E-state index in [0.717, 1.165) is 19.3 Å². The van der Waals surface area contributed by atoms with E-state index >= 15 is 0 Å². The number of carboxylic acid groups (broad SMARTS) is 1. The van der Waals surface area contributed by atoms with Gasteiger partial charge in [-0.2, -0.15) is 0 Å². The van der Waals surface area contributed by atoms with Crippen molar-refractivity contribution < 1.29 is 19.8 Å². The molecule has 0 heterocycles. The van der Waals surface area contributed by atoms with Crippen LogP contribution in [-0.2, 0) is 9.59 Å². The molecule has 5 N–H and O–H groups in total. The van der Waals surface area contributed by atoms with Gasteiger partial charge in [-0.1, -0.05) is 19.3 Å². The Hall–Kier alpha value is -1.14. The van der Waals surface area contributed by atoms with Crippen LogP contribution in [0.25, 0.3) is 0 Å². The summed E-state index contributed by atoms with van der Waals surface area (Å²) in [6.45, 7) is -0.283. The van der Waals surface area contributed by atoms with Gasteiger partial charge in [-0.3, -0.25) is 4.79 Å². The third-order valence-corrected chi connectivity index (χ3v) is 3.22. The van der Waals surface area contributed by atoms with Crippen LogP contribution >= 0.6 is 0 Å². The molecule has 0 aromatic heterocycles. The molecule has 0 bridgehead atoms. The average Bonchev–Trinajstić information content (AvgIpc) is 2.29. The van der Waals surface area contributed by atoms with Crippen LogP contribution in [0, 0.1) is 0 Å². The summed E-state index contributed by atoms with van der Waals surface area (Å²) in [6, 6.07) is -1.06. The fourth-order valence-electron chi connectivity index (χ4n) is 2.10. The van der Waals surface area contributed by atoms with Gasteiger partial charge in [0.15, 0.2) is 0 Å². The molecule has 1 unspecified atom stereocenters. The number of carbonyl (C=O) groups is 2. The molecule has 6 heteroatoms. The van der Waals surface area contributed by atoms with E-state index in [2.05, 4.69) is 5.32 Å². The Labute approximate surface area is 100 Å². The first-order chi connectivity index (χ1) is 7.99. The number of aliphatic hydroxyl groups excluding tert-OH is 1. The van der Waals surface area contributed by atoms with Gasteiger partial charge in [0.25, 0.3) is 0 Å². The summed E-state index contributed by atoms with van der Waals surface area (Å²) in [7, 11) is 0. The number of amides is 1. The lowest BCUT2D eigenvalue weighted by atomic mass is 9.81. The molecule has 98 valence electrons. The fraction of sp³-hybridized carbons (Fsp3) is 0.818. The normalized spacial score (nSPS) is 20.6. The number of aliphatic carboxylic acids is 1. The van der Waals surface area contributed by atoms with Gasteiger partial charge in [-0.05, 0) is 12.8 Å². The van der Waals surface area contributed by atoms with Crippen LogP contribution in [0.3, 0.4) is 0 Å². The van der Waals surface area contributed by atoms with Gasteiger partial charge in [0.05, 0.1) is 5.54 Å². The molecular weight excluding hydrogens is 224 g/mol. The largest absolute Gasteiger partial charge is 0.480 e. The molecule has 0 spiro atoms. The second-order valence-electron chi connectivity index (χ2n) is 4.59. The number of carbonyl (C=O) groups excluding carboxylic acids is 1. The lowest BCUT2D eigenvalue weighted by Gasteiger charge is -2.32. The summed E-state index contributed by atoms with van der Waals surface area (Å²) in [5.41, 5.74) is 5.04. The van der Waals surface area contributed by atoms with Crippen molar-refractivity contribution in [2.75, 3.05) is 6.61 Å². The SMILES string of the molecule is NC1(C(=O)NC(CCO)C(=O)O)CCCCC1. The second kappa shape index (κ2) is 5.97. The van der Waals surface area contributed by atoms with Gasteiger partial charge >= 0.3 is 5.97 Å². The van der Waals surface area contributed by atoms with Gasteiger partial charge in [0.1, 0.15) is 6.04 Å². The van der Waals surface area contributed by atoms with E-state index in [9.17, 15) is 9.59 Å². The molecule has 1 aliphatic carbocycles. The summed E-state index contributed by atoms with van der Waals surface area (Å²) in [6.07, 6.45) is 4.01.